The smallest absolute Gasteiger partial charge is 0.285 e. The lowest BCUT2D eigenvalue weighted by atomic mass is 10.1. The van der Waals surface area contributed by atoms with Gasteiger partial charge in [-0.25, -0.2) is 10.5 Å². The monoisotopic (exact) mass is 343 g/mol. The van der Waals surface area contributed by atoms with Crippen molar-refractivity contribution < 1.29 is 9.63 Å². The van der Waals surface area contributed by atoms with Crippen molar-refractivity contribution >= 4 is 27.5 Å². The maximum atomic E-state index is 12.4. The number of amides is 1. The predicted molar refractivity (Wildman–Crippen MR) is 93.3 cm³/mol. The second-order valence-electron chi connectivity index (χ2n) is 5.28. The fraction of sp³-hybridized carbons (Fsp3) is 0.235. The third-order valence-electron chi connectivity index (χ3n) is 3.58. The van der Waals surface area contributed by atoms with E-state index in [0.29, 0.717) is 39.5 Å². The summed E-state index contributed by atoms with van der Waals surface area (Å²) in [6.07, 6.45) is 0.531. The molecule has 3 aromatic rings. The molecule has 0 spiro atoms. The van der Waals surface area contributed by atoms with E-state index in [4.69, 9.17) is 4.84 Å². The van der Waals surface area contributed by atoms with E-state index in [1.165, 1.54) is 11.3 Å². The molecule has 1 aromatic carbocycles. The molecular formula is C17H17N3O3S. The quantitative estimate of drug-likeness (QED) is 0.697. The molecule has 0 saturated heterocycles. The van der Waals surface area contributed by atoms with E-state index < -0.39 is 0 Å². The topological polar surface area (TPSA) is 84.1 Å². The van der Waals surface area contributed by atoms with Crippen LogP contribution >= 0.6 is 11.3 Å². The molecule has 0 aliphatic heterocycles. The van der Waals surface area contributed by atoms with Crippen LogP contribution in [0, 0.1) is 6.92 Å². The van der Waals surface area contributed by atoms with Crippen molar-refractivity contribution in [2.75, 3.05) is 6.61 Å². The number of thiophene rings is 1. The van der Waals surface area contributed by atoms with Gasteiger partial charge in [-0.05, 0) is 25.0 Å². The number of benzene rings is 1. The third kappa shape index (κ3) is 3.22. The van der Waals surface area contributed by atoms with Crippen molar-refractivity contribution in [2.45, 2.75) is 20.3 Å². The molecule has 0 aliphatic carbocycles. The zero-order valence-corrected chi connectivity index (χ0v) is 14.2. The predicted octanol–water partition coefficient (Wildman–Crippen LogP) is 2.57. The summed E-state index contributed by atoms with van der Waals surface area (Å²) in [5.41, 5.74) is 3.80. The molecule has 0 saturated carbocycles. The second-order valence-corrected chi connectivity index (χ2v) is 6.27. The molecule has 0 bridgehead atoms. The number of nitrogens with zero attached hydrogens (tertiary/aromatic N) is 1. The molecule has 7 heteroatoms. The molecule has 2 N–H and O–H groups in total. The first-order valence-corrected chi connectivity index (χ1v) is 8.40. The minimum absolute atomic E-state index is 0.227. The van der Waals surface area contributed by atoms with Crippen LogP contribution in [0.1, 0.15) is 33.5 Å². The van der Waals surface area contributed by atoms with Crippen LogP contribution in [0.25, 0.3) is 10.2 Å². The van der Waals surface area contributed by atoms with Gasteiger partial charge in [-0.3, -0.25) is 14.4 Å². The van der Waals surface area contributed by atoms with E-state index in [9.17, 15) is 9.59 Å². The molecule has 24 heavy (non-hydrogen) atoms. The first-order chi connectivity index (χ1) is 11.6. The van der Waals surface area contributed by atoms with Gasteiger partial charge in [-0.15, -0.1) is 11.3 Å². The summed E-state index contributed by atoms with van der Waals surface area (Å²) in [4.78, 5) is 37.8. The van der Waals surface area contributed by atoms with E-state index in [1.54, 1.807) is 13.8 Å². The maximum Gasteiger partial charge on any atom is 0.285 e. The zero-order valence-electron chi connectivity index (χ0n) is 13.4. The SMILES string of the molecule is CCONC(=O)c1sc2nc(Cc3ccccc3)[nH]c(=O)c2c1C. The molecule has 124 valence electrons. The molecule has 0 atom stereocenters. The lowest BCUT2D eigenvalue weighted by Gasteiger charge is -2.02. The lowest BCUT2D eigenvalue weighted by molar-refractivity contribution is 0.0368. The van der Waals surface area contributed by atoms with Gasteiger partial charge in [0.2, 0.25) is 0 Å². The van der Waals surface area contributed by atoms with Crippen LogP contribution in [0.3, 0.4) is 0 Å². The molecular weight excluding hydrogens is 326 g/mol. The number of carbonyl (C=O) groups is 1. The van der Waals surface area contributed by atoms with Crippen LogP contribution in [0.2, 0.25) is 0 Å². The number of carbonyl (C=O) groups excluding carboxylic acids is 1. The number of fused-ring (bicyclic) bond motifs is 1. The Hall–Kier alpha value is -2.51. The third-order valence-corrected chi connectivity index (χ3v) is 4.76. The van der Waals surface area contributed by atoms with Crippen molar-refractivity contribution in [2.24, 2.45) is 0 Å². The van der Waals surface area contributed by atoms with Crippen molar-refractivity contribution in [3.63, 3.8) is 0 Å². The van der Waals surface area contributed by atoms with E-state index in [1.807, 2.05) is 30.3 Å². The Morgan fingerprint density at radius 1 is 1.33 bits per heavy atom. The number of rotatable bonds is 5. The van der Waals surface area contributed by atoms with Gasteiger partial charge in [-0.1, -0.05) is 30.3 Å². The Kier molecular flexibility index (Phi) is 4.73. The maximum absolute atomic E-state index is 12.4. The average Bonchev–Trinajstić information content (AvgIpc) is 2.91. The van der Waals surface area contributed by atoms with Crippen LogP contribution in [-0.4, -0.2) is 22.5 Å². The molecule has 2 aromatic heterocycles. The van der Waals surface area contributed by atoms with Crippen LogP contribution in [-0.2, 0) is 11.3 Å². The minimum atomic E-state index is -0.360. The van der Waals surface area contributed by atoms with Gasteiger partial charge in [0, 0.05) is 6.42 Å². The Labute approximate surface area is 142 Å². The highest BCUT2D eigenvalue weighted by molar-refractivity contribution is 7.20. The number of nitrogens with one attached hydrogen (secondary N) is 2. The standard InChI is InChI=1S/C17H17N3O3S/c1-3-23-20-16(22)14-10(2)13-15(21)18-12(19-17(13)24-14)9-11-7-5-4-6-8-11/h4-8H,3,9H2,1-2H3,(H,20,22)(H,18,19,21). The van der Waals surface area contributed by atoms with Crippen molar-refractivity contribution in [3.8, 4) is 0 Å². The molecule has 0 aliphatic rings. The van der Waals surface area contributed by atoms with E-state index in [2.05, 4.69) is 15.4 Å². The van der Waals surface area contributed by atoms with Gasteiger partial charge in [-0.2, -0.15) is 0 Å². The van der Waals surface area contributed by atoms with Crippen molar-refractivity contribution in [1.82, 2.24) is 15.4 Å². The van der Waals surface area contributed by atoms with E-state index in [-0.39, 0.29) is 11.5 Å². The number of hydrogen-bond donors (Lipinski definition) is 2. The van der Waals surface area contributed by atoms with Crippen molar-refractivity contribution in [3.05, 3.63) is 62.5 Å². The van der Waals surface area contributed by atoms with E-state index in [0.717, 1.165) is 5.56 Å². The van der Waals surface area contributed by atoms with Crippen LogP contribution in [0.5, 0.6) is 0 Å². The molecule has 6 nitrogen and oxygen atoms in total. The highest BCUT2D eigenvalue weighted by Gasteiger charge is 2.19. The molecule has 0 radical (unpaired) electrons. The zero-order chi connectivity index (χ0) is 17.1. The molecule has 0 fully saturated rings. The van der Waals surface area contributed by atoms with Gasteiger partial charge in [0.1, 0.15) is 10.7 Å². The second kappa shape index (κ2) is 6.94. The molecule has 1 amide bonds. The average molecular weight is 343 g/mol. The van der Waals surface area contributed by atoms with Gasteiger partial charge in [0.25, 0.3) is 11.5 Å². The highest BCUT2D eigenvalue weighted by Crippen LogP contribution is 2.27. The summed E-state index contributed by atoms with van der Waals surface area (Å²) in [6, 6.07) is 9.78. The van der Waals surface area contributed by atoms with Gasteiger partial charge >= 0.3 is 0 Å². The minimum Gasteiger partial charge on any atom is -0.310 e. The largest absolute Gasteiger partial charge is 0.310 e. The first kappa shape index (κ1) is 16.4. The van der Waals surface area contributed by atoms with Gasteiger partial charge in [0.05, 0.1) is 16.9 Å². The number of aryl methyl sites for hydroxylation is 1. The van der Waals surface area contributed by atoms with Crippen molar-refractivity contribution in [1.29, 1.82) is 0 Å². The summed E-state index contributed by atoms with van der Waals surface area (Å²) >= 11 is 1.20. The number of hydroxylamine groups is 1. The Morgan fingerprint density at radius 2 is 2.08 bits per heavy atom. The number of hydrogen-bond acceptors (Lipinski definition) is 5. The Balaban J connectivity index is 1.99. The molecule has 3 rings (SSSR count). The molecule has 2 heterocycles. The number of aromatic amines is 1. The summed E-state index contributed by atoms with van der Waals surface area (Å²) in [5.74, 6) is 0.220. The first-order valence-electron chi connectivity index (χ1n) is 7.58. The summed E-state index contributed by atoms with van der Waals surface area (Å²) in [7, 11) is 0. The fourth-order valence-electron chi connectivity index (χ4n) is 2.46. The van der Waals surface area contributed by atoms with Gasteiger partial charge in [0.15, 0.2) is 0 Å². The van der Waals surface area contributed by atoms with Crippen LogP contribution in [0.4, 0.5) is 0 Å². The van der Waals surface area contributed by atoms with E-state index >= 15 is 0 Å². The lowest BCUT2D eigenvalue weighted by Crippen LogP contribution is -2.23. The normalized spacial score (nSPS) is 10.9. The van der Waals surface area contributed by atoms with Crippen LogP contribution < -0.4 is 11.0 Å². The summed E-state index contributed by atoms with van der Waals surface area (Å²) < 4.78 is 0. The number of aromatic nitrogens is 2. The van der Waals surface area contributed by atoms with Gasteiger partial charge < -0.3 is 4.98 Å². The number of H-pyrrole nitrogens is 1. The highest BCUT2D eigenvalue weighted by atomic mass is 32.1. The summed E-state index contributed by atoms with van der Waals surface area (Å²) in [5, 5.41) is 0.457. The summed E-state index contributed by atoms with van der Waals surface area (Å²) in [6.45, 7) is 3.89. The Morgan fingerprint density at radius 3 is 2.79 bits per heavy atom. The molecule has 0 unspecified atom stereocenters. The van der Waals surface area contributed by atoms with Crippen LogP contribution in [0.15, 0.2) is 35.1 Å². The Bertz CT molecular complexity index is 931. The fourth-order valence-corrected chi connectivity index (χ4v) is 3.55.